The highest BCUT2D eigenvalue weighted by Gasteiger charge is 2.30. The number of nitrogens with one attached hydrogen (secondary N) is 1. The average molecular weight is 247 g/mol. The number of aryl methyl sites for hydroxylation is 2. The van der Waals surface area contributed by atoms with Crippen molar-refractivity contribution in [1.29, 1.82) is 0 Å². The van der Waals surface area contributed by atoms with Gasteiger partial charge in [-0.15, -0.1) is 0 Å². The number of hydrogen-bond acceptors (Lipinski definition) is 3. The Morgan fingerprint density at radius 3 is 2.94 bits per heavy atom. The molecule has 0 bridgehead atoms. The molecule has 3 N–H and O–H groups in total. The number of nitrogens with two attached hydrogens (primary N) is 1. The largest absolute Gasteiger partial charge is 0.356 e. The van der Waals surface area contributed by atoms with Crippen LogP contribution in [0.2, 0.25) is 0 Å². The van der Waals surface area contributed by atoms with E-state index in [0.29, 0.717) is 13.1 Å². The molecule has 0 radical (unpaired) electrons. The van der Waals surface area contributed by atoms with Gasteiger partial charge in [-0.2, -0.15) is 0 Å². The fourth-order valence-corrected chi connectivity index (χ4v) is 2.63. The number of hydrogen-bond donors (Lipinski definition) is 2. The zero-order valence-electron chi connectivity index (χ0n) is 11.1. The van der Waals surface area contributed by atoms with Crippen molar-refractivity contribution in [3.8, 4) is 0 Å². The van der Waals surface area contributed by atoms with Gasteiger partial charge in [0.05, 0.1) is 0 Å². The molecular formula is C14H21N3O. The van der Waals surface area contributed by atoms with Crippen LogP contribution in [0.5, 0.6) is 0 Å². The summed E-state index contributed by atoms with van der Waals surface area (Å²) in [5.74, 6) is 0.0362. The van der Waals surface area contributed by atoms with Gasteiger partial charge in [0, 0.05) is 25.3 Å². The fourth-order valence-electron chi connectivity index (χ4n) is 2.63. The molecular weight excluding hydrogens is 226 g/mol. The summed E-state index contributed by atoms with van der Waals surface area (Å²) in [4.78, 5) is 14.0. The lowest BCUT2D eigenvalue weighted by atomic mass is 10.0. The van der Waals surface area contributed by atoms with E-state index in [1.165, 1.54) is 16.8 Å². The molecule has 0 aliphatic carbocycles. The minimum absolute atomic E-state index is 0.0362. The van der Waals surface area contributed by atoms with Crippen LogP contribution in [0.3, 0.4) is 0 Å². The summed E-state index contributed by atoms with van der Waals surface area (Å²) in [6, 6.07) is 6.04. The Morgan fingerprint density at radius 2 is 2.28 bits per heavy atom. The molecule has 1 fully saturated rings. The third kappa shape index (κ3) is 2.20. The minimum atomic E-state index is -0.245. The molecule has 0 spiro atoms. The van der Waals surface area contributed by atoms with Crippen LogP contribution in [0.4, 0.5) is 5.69 Å². The quantitative estimate of drug-likeness (QED) is 0.831. The molecule has 1 heterocycles. The van der Waals surface area contributed by atoms with Crippen LogP contribution in [0.25, 0.3) is 0 Å². The number of nitrogens with zero attached hydrogens (tertiary/aromatic N) is 1. The van der Waals surface area contributed by atoms with Crippen molar-refractivity contribution >= 4 is 11.6 Å². The summed E-state index contributed by atoms with van der Waals surface area (Å²) >= 11 is 0. The Balaban J connectivity index is 2.43. The van der Waals surface area contributed by atoms with Gasteiger partial charge in [-0.1, -0.05) is 25.1 Å². The number of amides is 1. The first-order valence-corrected chi connectivity index (χ1v) is 6.52. The standard InChI is InChI=1S/C14H21N3O/c1-3-11-6-4-5-10(2)13(11)17-8-7-16-14(18)12(17)9-15/h4-6,12H,3,7-9,15H2,1-2H3,(H,16,18). The molecule has 18 heavy (non-hydrogen) atoms. The molecule has 98 valence electrons. The van der Waals surface area contributed by atoms with Crippen molar-refractivity contribution in [1.82, 2.24) is 5.32 Å². The van der Waals surface area contributed by atoms with Crippen LogP contribution in [0.15, 0.2) is 18.2 Å². The van der Waals surface area contributed by atoms with Gasteiger partial charge < -0.3 is 16.0 Å². The first-order valence-electron chi connectivity index (χ1n) is 6.52. The van der Waals surface area contributed by atoms with Crippen molar-refractivity contribution in [2.75, 3.05) is 24.5 Å². The van der Waals surface area contributed by atoms with Gasteiger partial charge in [-0.3, -0.25) is 4.79 Å². The Labute approximate surface area is 108 Å². The molecule has 1 atom stereocenters. The monoisotopic (exact) mass is 247 g/mol. The normalized spacial score (nSPS) is 19.8. The number of piperazine rings is 1. The highest BCUT2D eigenvalue weighted by Crippen LogP contribution is 2.28. The van der Waals surface area contributed by atoms with Gasteiger partial charge >= 0.3 is 0 Å². The van der Waals surface area contributed by atoms with Crippen LogP contribution >= 0.6 is 0 Å². The van der Waals surface area contributed by atoms with Gasteiger partial charge in [0.1, 0.15) is 6.04 Å². The maximum atomic E-state index is 11.9. The Morgan fingerprint density at radius 1 is 1.50 bits per heavy atom. The van der Waals surface area contributed by atoms with Gasteiger partial charge in [0.15, 0.2) is 0 Å². The van der Waals surface area contributed by atoms with Crippen LogP contribution in [-0.2, 0) is 11.2 Å². The van der Waals surface area contributed by atoms with Crippen LogP contribution in [0.1, 0.15) is 18.1 Å². The molecule has 1 aromatic rings. The molecule has 0 saturated carbocycles. The highest BCUT2D eigenvalue weighted by atomic mass is 16.2. The third-order valence-corrected chi connectivity index (χ3v) is 3.54. The number of rotatable bonds is 3. The van der Waals surface area contributed by atoms with Crippen LogP contribution < -0.4 is 16.0 Å². The summed E-state index contributed by atoms with van der Waals surface area (Å²) in [6.07, 6.45) is 0.965. The average Bonchev–Trinajstić information content (AvgIpc) is 2.38. The zero-order chi connectivity index (χ0) is 13.1. The zero-order valence-corrected chi connectivity index (χ0v) is 11.1. The molecule has 2 rings (SSSR count). The maximum Gasteiger partial charge on any atom is 0.244 e. The van der Waals surface area contributed by atoms with Crippen molar-refractivity contribution < 1.29 is 4.79 Å². The second-order valence-corrected chi connectivity index (χ2v) is 4.67. The second kappa shape index (κ2) is 5.40. The van der Waals surface area contributed by atoms with Gasteiger partial charge in [-0.25, -0.2) is 0 Å². The summed E-state index contributed by atoms with van der Waals surface area (Å²) in [6.45, 7) is 6.09. The van der Waals surface area contributed by atoms with Crippen LogP contribution in [0, 0.1) is 6.92 Å². The van der Waals surface area contributed by atoms with E-state index in [2.05, 4.69) is 42.3 Å². The number of benzene rings is 1. The Hall–Kier alpha value is -1.55. The van der Waals surface area contributed by atoms with Gasteiger partial charge in [-0.05, 0) is 24.5 Å². The van der Waals surface area contributed by atoms with Crippen molar-refractivity contribution in [3.63, 3.8) is 0 Å². The van der Waals surface area contributed by atoms with Crippen molar-refractivity contribution in [2.45, 2.75) is 26.3 Å². The van der Waals surface area contributed by atoms with E-state index in [1.807, 2.05) is 0 Å². The summed E-state index contributed by atoms with van der Waals surface area (Å²) in [5, 5.41) is 2.88. The predicted octanol–water partition coefficient (Wildman–Crippen LogP) is 0.821. The fraction of sp³-hybridized carbons (Fsp3) is 0.500. The van der Waals surface area contributed by atoms with Gasteiger partial charge in [0.2, 0.25) is 5.91 Å². The molecule has 1 aliphatic heterocycles. The molecule has 1 aromatic carbocycles. The number of para-hydroxylation sites is 1. The lowest BCUT2D eigenvalue weighted by molar-refractivity contribution is -0.123. The summed E-state index contributed by atoms with van der Waals surface area (Å²) < 4.78 is 0. The lowest BCUT2D eigenvalue weighted by Gasteiger charge is -2.38. The van der Waals surface area contributed by atoms with Crippen molar-refractivity contribution in [3.05, 3.63) is 29.3 Å². The second-order valence-electron chi connectivity index (χ2n) is 4.67. The van der Waals surface area contributed by atoms with E-state index in [4.69, 9.17) is 5.73 Å². The van der Waals surface area contributed by atoms with Gasteiger partial charge in [0.25, 0.3) is 0 Å². The SMILES string of the molecule is CCc1cccc(C)c1N1CCNC(=O)C1CN. The van der Waals surface area contributed by atoms with Crippen LogP contribution in [-0.4, -0.2) is 31.6 Å². The van der Waals surface area contributed by atoms with E-state index in [9.17, 15) is 4.79 Å². The number of carbonyl (C=O) groups excluding carboxylic acids is 1. The maximum absolute atomic E-state index is 11.9. The molecule has 1 unspecified atom stereocenters. The molecule has 1 amide bonds. The van der Waals surface area contributed by atoms with E-state index < -0.39 is 0 Å². The Bertz CT molecular complexity index is 445. The smallest absolute Gasteiger partial charge is 0.244 e. The molecule has 0 aromatic heterocycles. The van der Waals surface area contributed by atoms with E-state index in [0.717, 1.165) is 13.0 Å². The number of anilines is 1. The van der Waals surface area contributed by atoms with E-state index in [-0.39, 0.29) is 11.9 Å². The van der Waals surface area contributed by atoms with E-state index >= 15 is 0 Å². The first-order chi connectivity index (χ1) is 8.69. The predicted molar refractivity (Wildman–Crippen MR) is 73.8 cm³/mol. The van der Waals surface area contributed by atoms with E-state index in [1.54, 1.807) is 0 Å². The lowest BCUT2D eigenvalue weighted by Crippen LogP contribution is -2.58. The number of carbonyl (C=O) groups is 1. The summed E-state index contributed by atoms with van der Waals surface area (Å²) in [5.41, 5.74) is 9.44. The molecule has 1 saturated heterocycles. The first kappa shape index (κ1) is 12.9. The minimum Gasteiger partial charge on any atom is -0.356 e. The Kier molecular flexibility index (Phi) is 3.87. The van der Waals surface area contributed by atoms with Crippen molar-refractivity contribution in [2.24, 2.45) is 5.73 Å². The third-order valence-electron chi connectivity index (χ3n) is 3.54. The molecule has 1 aliphatic rings. The molecule has 4 heteroatoms. The summed E-state index contributed by atoms with van der Waals surface area (Å²) in [7, 11) is 0. The topological polar surface area (TPSA) is 58.4 Å². The highest BCUT2D eigenvalue weighted by molar-refractivity contribution is 5.87. The molecule has 4 nitrogen and oxygen atoms in total.